The molecule has 0 amide bonds. The van der Waals surface area contributed by atoms with Crippen LogP contribution >= 0.6 is 0 Å². The lowest BCUT2D eigenvalue weighted by molar-refractivity contribution is 0.447. The lowest BCUT2D eigenvalue weighted by atomic mass is 9.96. The van der Waals surface area contributed by atoms with E-state index < -0.39 is 57.7 Å². The van der Waals surface area contributed by atoms with Crippen LogP contribution in [-0.4, -0.2) is 0 Å². The van der Waals surface area contributed by atoms with Crippen molar-refractivity contribution in [1.82, 2.24) is 0 Å². The maximum atomic E-state index is 15.1. The van der Waals surface area contributed by atoms with E-state index in [-0.39, 0.29) is 27.8 Å². The molecule has 0 bridgehead atoms. The van der Waals surface area contributed by atoms with Crippen molar-refractivity contribution in [3.05, 3.63) is 142 Å². The van der Waals surface area contributed by atoms with Crippen LogP contribution in [0.1, 0.15) is 16.7 Å². The first-order valence-corrected chi connectivity index (χ1v) is 12.0. The molecule has 0 nitrogen and oxygen atoms in total. The van der Waals surface area contributed by atoms with Gasteiger partial charge in [-0.1, -0.05) is 42.2 Å². The third-order valence-corrected chi connectivity index (χ3v) is 6.40. The van der Waals surface area contributed by atoms with Crippen molar-refractivity contribution in [2.24, 2.45) is 0 Å². The summed E-state index contributed by atoms with van der Waals surface area (Å²) >= 11 is 0. The summed E-state index contributed by atoms with van der Waals surface area (Å²) in [6, 6.07) is 15.0. The molecule has 0 N–H and O–H groups in total. The molecular weight excluding hydrogens is 548 g/mol. The SMILES string of the molecule is Cc1cc(-c2ccc(-c3ccccc3F)cc2F)cc(F)c1C#Cc1cc(F)c(-c2cc(F)c(F)c(F)c2)c(F)c1. The first kappa shape index (κ1) is 27.7. The molecule has 5 aromatic carbocycles. The van der Waals surface area contributed by atoms with E-state index in [2.05, 4.69) is 11.8 Å². The zero-order valence-electron chi connectivity index (χ0n) is 21.0. The van der Waals surface area contributed by atoms with Crippen molar-refractivity contribution < 1.29 is 35.1 Å². The lowest BCUT2D eigenvalue weighted by Crippen LogP contribution is -1.97. The summed E-state index contributed by atoms with van der Waals surface area (Å²) in [6.07, 6.45) is 0. The second-order valence-corrected chi connectivity index (χ2v) is 9.14. The predicted octanol–water partition coefficient (Wildman–Crippen LogP) is 9.51. The number of aryl methyl sites for hydroxylation is 1. The Morgan fingerprint density at radius 2 is 1.05 bits per heavy atom. The van der Waals surface area contributed by atoms with Crippen LogP contribution in [-0.2, 0) is 0 Å². The second-order valence-electron chi connectivity index (χ2n) is 9.14. The number of hydrogen-bond donors (Lipinski definition) is 0. The zero-order valence-corrected chi connectivity index (χ0v) is 21.0. The normalized spacial score (nSPS) is 10.9. The van der Waals surface area contributed by atoms with Gasteiger partial charge in [-0.15, -0.1) is 0 Å². The maximum absolute atomic E-state index is 15.1. The number of benzene rings is 5. The van der Waals surface area contributed by atoms with E-state index in [1.165, 1.54) is 43.3 Å². The number of rotatable bonds is 3. The van der Waals surface area contributed by atoms with E-state index in [0.717, 1.165) is 24.3 Å². The standard InChI is InChI=1S/C33H16F8/c1-17-10-20(24-9-7-19(13-27(24)36)23-4-2-3-5-25(23)34)14-26(35)22(17)8-6-18-11-28(37)32(29(38)12-18)21-15-30(39)33(41)31(40)16-21/h2-5,7,9-16H,1H3. The van der Waals surface area contributed by atoms with Gasteiger partial charge < -0.3 is 0 Å². The highest BCUT2D eigenvalue weighted by Gasteiger charge is 2.18. The lowest BCUT2D eigenvalue weighted by Gasteiger charge is -2.10. The molecule has 5 aromatic rings. The molecule has 0 aliphatic carbocycles. The Hall–Kier alpha value is -4.90. The smallest absolute Gasteiger partial charge is 0.194 e. The molecule has 0 heterocycles. The molecule has 0 spiro atoms. The largest absolute Gasteiger partial charge is 0.206 e. The minimum Gasteiger partial charge on any atom is -0.206 e. The highest BCUT2D eigenvalue weighted by Crippen LogP contribution is 2.32. The molecule has 8 heteroatoms. The Balaban J connectivity index is 1.46. The van der Waals surface area contributed by atoms with Crippen LogP contribution in [0, 0.1) is 65.3 Å². The molecule has 0 saturated heterocycles. The van der Waals surface area contributed by atoms with Gasteiger partial charge in [0.1, 0.15) is 29.1 Å². The van der Waals surface area contributed by atoms with Crippen molar-refractivity contribution >= 4 is 0 Å². The topological polar surface area (TPSA) is 0 Å². The van der Waals surface area contributed by atoms with Crippen molar-refractivity contribution in [3.8, 4) is 45.2 Å². The van der Waals surface area contributed by atoms with Gasteiger partial charge in [-0.3, -0.25) is 0 Å². The highest BCUT2D eigenvalue weighted by molar-refractivity contribution is 5.73. The first-order valence-electron chi connectivity index (χ1n) is 12.0. The molecule has 204 valence electrons. The highest BCUT2D eigenvalue weighted by atomic mass is 19.2. The Morgan fingerprint density at radius 3 is 1.66 bits per heavy atom. The fourth-order valence-electron chi connectivity index (χ4n) is 4.43. The summed E-state index contributed by atoms with van der Waals surface area (Å²) in [4.78, 5) is 0. The fourth-order valence-corrected chi connectivity index (χ4v) is 4.43. The van der Waals surface area contributed by atoms with Gasteiger partial charge in [-0.25, -0.2) is 35.1 Å². The van der Waals surface area contributed by atoms with Crippen LogP contribution < -0.4 is 0 Å². The summed E-state index contributed by atoms with van der Waals surface area (Å²) in [7, 11) is 0. The van der Waals surface area contributed by atoms with Crippen LogP contribution in [0.15, 0.2) is 78.9 Å². The van der Waals surface area contributed by atoms with E-state index in [1.807, 2.05) is 0 Å². The molecule has 0 unspecified atom stereocenters. The van der Waals surface area contributed by atoms with Gasteiger partial charge in [0.05, 0.1) is 11.1 Å². The van der Waals surface area contributed by atoms with Gasteiger partial charge in [0.2, 0.25) is 0 Å². The molecule has 41 heavy (non-hydrogen) atoms. The molecular formula is C33H16F8. The zero-order chi connectivity index (χ0) is 29.4. The van der Waals surface area contributed by atoms with E-state index in [1.54, 1.807) is 6.07 Å². The molecule has 5 rings (SSSR count). The number of halogens is 8. The van der Waals surface area contributed by atoms with Gasteiger partial charge >= 0.3 is 0 Å². The maximum Gasteiger partial charge on any atom is 0.194 e. The van der Waals surface area contributed by atoms with Crippen LogP contribution in [0.2, 0.25) is 0 Å². The molecule has 0 aliphatic rings. The van der Waals surface area contributed by atoms with Gasteiger partial charge in [-0.2, -0.15) is 0 Å². The Labute approximate surface area is 229 Å². The fraction of sp³-hybridized carbons (Fsp3) is 0.0303. The first-order chi connectivity index (χ1) is 19.5. The molecule has 0 atom stereocenters. The summed E-state index contributed by atoms with van der Waals surface area (Å²) < 4.78 is 114. The Bertz CT molecular complexity index is 1830. The van der Waals surface area contributed by atoms with Crippen LogP contribution in [0.25, 0.3) is 33.4 Å². The average molecular weight is 564 g/mol. The third-order valence-electron chi connectivity index (χ3n) is 6.40. The van der Waals surface area contributed by atoms with Crippen LogP contribution in [0.5, 0.6) is 0 Å². The van der Waals surface area contributed by atoms with Crippen molar-refractivity contribution in [2.75, 3.05) is 0 Å². The third kappa shape index (κ3) is 5.44. The Kier molecular flexibility index (Phi) is 7.38. The summed E-state index contributed by atoms with van der Waals surface area (Å²) in [5.41, 5.74) is -0.559. The van der Waals surface area contributed by atoms with Gasteiger partial charge in [0.25, 0.3) is 0 Å². The van der Waals surface area contributed by atoms with E-state index in [4.69, 9.17) is 0 Å². The molecule has 0 saturated carbocycles. The Morgan fingerprint density at radius 1 is 0.463 bits per heavy atom. The molecule has 0 aliphatic heterocycles. The van der Waals surface area contributed by atoms with Crippen molar-refractivity contribution in [3.63, 3.8) is 0 Å². The minimum atomic E-state index is -1.78. The van der Waals surface area contributed by atoms with Crippen LogP contribution in [0.4, 0.5) is 35.1 Å². The molecule has 0 radical (unpaired) electrons. The summed E-state index contributed by atoms with van der Waals surface area (Å²) in [5, 5.41) is 0. The van der Waals surface area contributed by atoms with Gasteiger partial charge in [-0.05, 0) is 77.7 Å². The van der Waals surface area contributed by atoms with E-state index in [0.29, 0.717) is 23.3 Å². The van der Waals surface area contributed by atoms with Crippen LogP contribution in [0.3, 0.4) is 0 Å². The quantitative estimate of drug-likeness (QED) is 0.116. The van der Waals surface area contributed by atoms with E-state index >= 15 is 4.39 Å². The second kappa shape index (κ2) is 10.9. The van der Waals surface area contributed by atoms with Gasteiger partial charge in [0, 0.05) is 16.7 Å². The minimum absolute atomic E-state index is 0.0694. The molecule has 0 aromatic heterocycles. The summed E-state index contributed by atoms with van der Waals surface area (Å²) in [5.74, 6) is -4.53. The average Bonchev–Trinajstić information content (AvgIpc) is 2.91. The molecule has 0 fully saturated rings. The monoisotopic (exact) mass is 564 g/mol. The van der Waals surface area contributed by atoms with Gasteiger partial charge in [0.15, 0.2) is 17.5 Å². The number of hydrogen-bond acceptors (Lipinski definition) is 0. The van der Waals surface area contributed by atoms with Crippen molar-refractivity contribution in [2.45, 2.75) is 6.92 Å². The predicted molar refractivity (Wildman–Crippen MR) is 140 cm³/mol. The van der Waals surface area contributed by atoms with Crippen molar-refractivity contribution in [1.29, 1.82) is 0 Å². The summed E-state index contributed by atoms with van der Waals surface area (Å²) in [6.45, 7) is 1.52. The van der Waals surface area contributed by atoms with E-state index in [9.17, 15) is 30.7 Å².